The summed E-state index contributed by atoms with van der Waals surface area (Å²) in [5, 5.41) is 2.55. The molecular weight excluding hydrogens is 246 g/mol. The van der Waals surface area contributed by atoms with Gasteiger partial charge < -0.3 is 10.6 Å². The maximum atomic E-state index is 11.2. The van der Waals surface area contributed by atoms with Gasteiger partial charge in [-0.15, -0.1) is 11.3 Å². The monoisotopic (exact) mass is 261 g/mol. The van der Waals surface area contributed by atoms with Gasteiger partial charge >= 0.3 is 0 Å². The highest BCUT2D eigenvalue weighted by atomic mass is 32.2. The number of anilines is 1. The second kappa shape index (κ2) is 4.68. The van der Waals surface area contributed by atoms with Crippen LogP contribution in [-0.2, 0) is 16.3 Å². The molecule has 1 saturated heterocycles. The Kier molecular flexibility index (Phi) is 3.46. The standard InChI is InChI=1S/C9H15N3O2S2/c10-9-11-8(7-15-9)1-2-12-3-5-16(13,14)6-4-12/h7H,1-6H2,(H2,10,11). The average molecular weight is 261 g/mol. The van der Waals surface area contributed by atoms with Crippen LogP contribution < -0.4 is 5.73 Å². The van der Waals surface area contributed by atoms with Crippen LogP contribution in [0, 0.1) is 0 Å². The molecule has 1 fully saturated rings. The number of hydrogen-bond acceptors (Lipinski definition) is 6. The lowest BCUT2D eigenvalue weighted by Crippen LogP contribution is -2.41. The lowest BCUT2D eigenvalue weighted by atomic mass is 10.3. The molecule has 0 radical (unpaired) electrons. The summed E-state index contributed by atoms with van der Waals surface area (Å²) in [4.78, 5) is 6.34. The van der Waals surface area contributed by atoms with Crippen LogP contribution >= 0.6 is 11.3 Å². The molecule has 0 aliphatic carbocycles. The van der Waals surface area contributed by atoms with Gasteiger partial charge in [-0.25, -0.2) is 13.4 Å². The SMILES string of the molecule is Nc1nc(CCN2CCS(=O)(=O)CC2)cs1. The highest BCUT2D eigenvalue weighted by Gasteiger charge is 2.21. The number of aromatic nitrogens is 1. The largest absolute Gasteiger partial charge is 0.375 e. The van der Waals surface area contributed by atoms with Crippen molar-refractivity contribution in [3.05, 3.63) is 11.1 Å². The van der Waals surface area contributed by atoms with E-state index in [1.807, 2.05) is 5.38 Å². The molecule has 90 valence electrons. The van der Waals surface area contributed by atoms with Crippen LogP contribution in [0.4, 0.5) is 5.13 Å². The van der Waals surface area contributed by atoms with E-state index in [0.717, 1.165) is 18.7 Å². The predicted octanol–water partition coefficient (Wildman–Crippen LogP) is -0.00180. The number of rotatable bonds is 3. The van der Waals surface area contributed by atoms with Crippen LogP contribution in [0.5, 0.6) is 0 Å². The Hall–Kier alpha value is -0.660. The van der Waals surface area contributed by atoms with Gasteiger partial charge in [-0.05, 0) is 0 Å². The van der Waals surface area contributed by atoms with E-state index < -0.39 is 9.84 Å². The Morgan fingerprint density at radius 1 is 1.44 bits per heavy atom. The zero-order valence-corrected chi connectivity index (χ0v) is 10.6. The number of nitrogens with two attached hydrogens (primary N) is 1. The molecule has 16 heavy (non-hydrogen) atoms. The molecule has 0 atom stereocenters. The third-order valence-corrected chi connectivity index (χ3v) is 5.02. The van der Waals surface area contributed by atoms with Gasteiger partial charge in [0, 0.05) is 31.4 Å². The van der Waals surface area contributed by atoms with E-state index in [4.69, 9.17) is 5.73 Å². The molecule has 7 heteroatoms. The summed E-state index contributed by atoms with van der Waals surface area (Å²) in [6.45, 7) is 2.14. The van der Waals surface area contributed by atoms with Gasteiger partial charge in [0.15, 0.2) is 15.0 Å². The maximum absolute atomic E-state index is 11.2. The molecule has 2 rings (SSSR count). The zero-order chi connectivity index (χ0) is 11.6. The minimum absolute atomic E-state index is 0.284. The van der Waals surface area contributed by atoms with E-state index in [9.17, 15) is 8.42 Å². The summed E-state index contributed by atoms with van der Waals surface area (Å²) in [5.74, 6) is 0.568. The highest BCUT2D eigenvalue weighted by Crippen LogP contribution is 2.12. The highest BCUT2D eigenvalue weighted by molar-refractivity contribution is 7.91. The second-order valence-electron chi connectivity index (χ2n) is 3.92. The average Bonchev–Trinajstić information content (AvgIpc) is 2.63. The van der Waals surface area contributed by atoms with Crippen molar-refractivity contribution in [3.63, 3.8) is 0 Å². The van der Waals surface area contributed by atoms with E-state index in [1.54, 1.807) is 0 Å². The molecular formula is C9H15N3O2S2. The Morgan fingerprint density at radius 2 is 2.12 bits per heavy atom. The van der Waals surface area contributed by atoms with E-state index in [2.05, 4.69) is 9.88 Å². The van der Waals surface area contributed by atoms with Gasteiger partial charge in [-0.1, -0.05) is 0 Å². The molecule has 0 saturated carbocycles. The van der Waals surface area contributed by atoms with Crippen LogP contribution in [0.25, 0.3) is 0 Å². The first-order valence-electron chi connectivity index (χ1n) is 5.18. The van der Waals surface area contributed by atoms with Crippen LogP contribution in [0.3, 0.4) is 0 Å². The first-order valence-corrected chi connectivity index (χ1v) is 7.88. The topological polar surface area (TPSA) is 76.3 Å². The van der Waals surface area contributed by atoms with Gasteiger partial charge in [0.05, 0.1) is 17.2 Å². The number of sulfone groups is 1. The maximum Gasteiger partial charge on any atom is 0.180 e. The molecule has 0 aromatic carbocycles. The quantitative estimate of drug-likeness (QED) is 0.828. The summed E-state index contributed by atoms with van der Waals surface area (Å²) >= 11 is 1.44. The van der Waals surface area contributed by atoms with Crippen molar-refractivity contribution >= 4 is 26.3 Å². The molecule has 1 aromatic heterocycles. The van der Waals surface area contributed by atoms with E-state index in [-0.39, 0.29) is 11.5 Å². The predicted molar refractivity (Wildman–Crippen MR) is 65.3 cm³/mol. The van der Waals surface area contributed by atoms with Crippen LogP contribution in [0.15, 0.2) is 5.38 Å². The van der Waals surface area contributed by atoms with E-state index in [1.165, 1.54) is 11.3 Å². The van der Waals surface area contributed by atoms with E-state index in [0.29, 0.717) is 18.2 Å². The van der Waals surface area contributed by atoms with Crippen LogP contribution in [-0.4, -0.2) is 49.4 Å². The zero-order valence-electron chi connectivity index (χ0n) is 8.92. The van der Waals surface area contributed by atoms with Gasteiger partial charge in [0.25, 0.3) is 0 Å². The van der Waals surface area contributed by atoms with Crippen molar-refractivity contribution in [2.75, 3.05) is 36.9 Å². The van der Waals surface area contributed by atoms with Gasteiger partial charge in [0.1, 0.15) is 0 Å². The molecule has 0 bridgehead atoms. The fourth-order valence-electron chi connectivity index (χ4n) is 1.68. The van der Waals surface area contributed by atoms with Crippen molar-refractivity contribution in [1.82, 2.24) is 9.88 Å². The van der Waals surface area contributed by atoms with Crippen molar-refractivity contribution in [3.8, 4) is 0 Å². The lowest BCUT2D eigenvalue weighted by molar-refractivity contribution is 0.298. The number of nitrogens with zero attached hydrogens (tertiary/aromatic N) is 2. The van der Waals surface area contributed by atoms with Crippen molar-refractivity contribution in [1.29, 1.82) is 0 Å². The minimum atomic E-state index is -2.77. The van der Waals surface area contributed by atoms with E-state index >= 15 is 0 Å². The first kappa shape index (κ1) is 11.8. The molecule has 5 nitrogen and oxygen atoms in total. The molecule has 0 amide bonds. The van der Waals surface area contributed by atoms with Gasteiger partial charge in [-0.2, -0.15) is 0 Å². The number of thiazole rings is 1. The smallest absolute Gasteiger partial charge is 0.180 e. The Labute approximate surface area is 99.2 Å². The fourth-order valence-corrected chi connectivity index (χ4v) is 3.56. The second-order valence-corrected chi connectivity index (χ2v) is 7.11. The molecule has 1 aliphatic heterocycles. The van der Waals surface area contributed by atoms with Crippen LogP contribution in [0.2, 0.25) is 0 Å². The lowest BCUT2D eigenvalue weighted by Gasteiger charge is -2.25. The summed E-state index contributed by atoms with van der Waals surface area (Å²) in [5.41, 5.74) is 6.53. The molecule has 1 aliphatic rings. The normalized spacial score (nSPS) is 21.0. The Balaban J connectivity index is 1.80. The van der Waals surface area contributed by atoms with Gasteiger partial charge in [-0.3, -0.25) is 0 Å². The van der Waals surface area contributed by atoms with Crippen molar-refractivity contribution < 1.29 is 8.42 Å². The molecule has 2 N–H and O–H groups in total. The minimum Gasteiger partial charge on any atom is -0.375 e. The number of hydrogen-bond donors (Lipinski definition) is 1. The Bertz CT molecular complexity index is 441. The third-order valence-electron chi connectivity index (χ3n) is 2.69. The van der Waals surface area contributed by atoms with Crippen LogP contribution in [0.1, 0.15) is 5.69 Å². The summed E-state index contributed by atoms with van der Waals surface area (Å²) in [7, 11) is -2.77. The molecule has 1 aromatic rings. The summed E-state index contributed by atoms with van der Waals surface area (Å²) in [6, 6.07) is 0. The Morgan fingerprint density at radius 3 is 2.69 bits per heavy atom. The summed E-state index contributed by atoms with van der Waals surface area (Å²) in [6.07, 6.45) is 0.841. The molecule has 0 unspecified atom stereocenters. The molecule has 0 spiro atoms. The van der Waals surface area contributed by atoms with Crippen molar-refractivity contribution in [2.45, 2.75) is 6.42 Å². The summed E-state index contributed by atoms with van der Waals surface area (Å²) < 4.78 is 22.4. The van der Waals surface area contributed by atoms with Crippen molar-refractivity contribution in [2.24, 2.45) is 0 Å². The third kappa shape index (κ3) is 3.16. The van der Waals surface area contributed by atoms with Gasteiger partial charge in [0.2, 0.25) is 0 Å². The fraction of sp³-hybridized carbons (Fsp3) is 0.667. The molecule has 2 heterocycles. The first-order chi connectivity index (χ1) is 7.55. The number of nitrogen functional groups attached to an aromatic ring is 1.